The maximum absolute atomic E-state index is 12.5. The fourth-order valence-corrected chi connectivity index (χ4v) is 3.18. The average molecular weight is 431 g/mol. The number of fused-ring (bicyclic) bond motifs is 1. The lowest BCUT2D eigenvalue weighted by Gasteiger charge is -2.15. The van der Waals surface area contributed by atoms with Crippen LogP contribution in [-0.4, -0.2) is 22.2 Å². The Balaban J connectivity index is 0.00000320. The molecule has 1 amide bonds. The van der Waals surface area contributed by atoms with E-state index in [9.17, 15) is 14.4 Å². The lowest BCUT2D eigenvalue weighted by molar-refractivity contribution is -0.121. The number of halogens is 1. The second-order valence-electron chi connectivity index (χ2n) is 7.43. The van der Waals surface area contributed by atoms with Crippen LogP contribution >= 0.6 is 12.4 Å². The van der Waals surface area contributed by atoms with Crippen LogP contribution in [0, 0.1) is 0 Å². The van der Waals surface area contributed by atoms with Gasteiger partial charge in [-0.2, -0.15) is 0 Å². The zero-order valence-electron chi connectivity index (χ0n) is 17.1. The molecule has 0 saturated carbocycles. The Hall–Kier alpha value is -2.90. The number of rotatable bonds is 7. The van der Waals surface area contributed by atoms with Gasteiger partial charge in [-0.25, -0.2) is 4.68 Å². The Labute approximate surface area is 180 Å². The number of hydrogen-bond acceptors (Lipinski definition) is 4. The monoisotopic (exact) mass is 430 g/mol. The second kappa shape index (κ2) is 10.2. The van der Waals surface area contributed by atoms with Crippen LogP contribution in [0.1, 0.15) is 43.4 Å². The molecule has 7 nitrogen and oxygen atoms in total. The van der Waals surface area contributed by atoms with E-state index in [1.54, 1.807) is 24.3 Å². The average Bonchev–Trinajstić information content (AvgIpc) is 2.73. The third-order valence-electron chi connectivity index (χ3n) is 5.00. The van der Waals surface area contributed by atoms with Crippen LogP contribution in [0.4, 0.5) is 0 Å². The largest absolute Gasteiger partial charge is 0.354 e. The fraction of sp³-hybridized carbons (Fsp3) is 0.318. The molecule has 1 unspecified atom stereocenters. The highest BCUT2D eigenvalue weighted by atomic mass is 35.5. The van der Waals surface area contributed by atoms with Crippen molar-refractivity contribution in [3.05, 3.63) is 80.4 Å². The minimum atomic E-state index is -0.354. The normalized spacial score (nSPS) is 11.9. The van der Waals surface area contributed by atoms with Crippen molar-refractivity contribution in [1.29, 1.82) is 0 Å². The molecule has 4 N–H and O–H groups in total. The van der Waals surface area contributed by atoms with E-state index in [1.807, 2.05) is 24.3 Å². The molecule has 0 aliphatic carbocycles. The van der Waals surface area contributed by atoms with Gasteiger partial charge in [0.2, 0.25) is 5.91 Å². The summed E-state index contributed by atoms with van der Waals surface area (Å²) in [5, 5.41) is 5.99. The number of aromatic nitrogens is 2. The van der Waals surface area contributed by atoms with Gasteiger partial charge in [-0.15, -0.1) is 12.4 Å². The first-order valence-corrected chi connectivity index (χ1v) is 9.71. The molecule has 0 aliphatic heterocycles. The quantitative estimate of drug-likeness (QED) is 0.534. The van der Waals surface area contributed by atoms with Crippen molar-refractivity contribution in [2.24, 2.45) is 5.73 Å². The first-order chi connectivity index (χ1) is 13.9. The molecule has 3 aromatic rings. The molecule has 1 aromatic heterocycles. The van der Waals surface area contributed by atoms with Gasteiger partial charge in [-0.05, 0) is 29.2 Å². The molecule has 0 fully saturated rings. The number of aromatic amines is 1. The van der Waals surface area contributed by atoms with Crippen molar-refractivity contribution < 1.29 is 4.79 Å². The van der Waals surface area contributed by atoms with Crippen molar-refractivity contribution >= 4 is 29.1 Å². The van der Waals surface area contributed by atoms with E-state index >= 15 is 0 Å². The Morgan fingerprint density at radius 1 is 1.03 bits per heavy atom. The minimum Gasteiger partial charge on any atom is -0.354 e. The van der Waals surface area contributed by atoms with Crippen LogP contribution in [0.25, 0.3) is 10.8 Å². The van der Waals surface area contributed by atoms with E-state index in [2.05, 4.69) is 24.3 Å². The smallest absolute Gasteiger partial charge is 0.273 e. The topological polar surface area (TPSA) is 110 Å². The first-order valence-electron chi connectivity index (χ1n) is 9.71. The highest BCUT2D eigenvalue weighted by Gasteiger charge is 2.11. The summed E-state index contributed by atoms with van der Waals surface area (Å²) in [5.41, 5.74) is 7.67. The van der Waals surface area contributed by atoms with E-state index in [-0.39, 0.29) is 48.4 Å². The van der Waals surface area contributed by atoms with Crippen LogP contribution < -0.4 is 22.2 Å². The van der Waals surface area contributed by atoms with Gasteiger partial charge in [-0.1, -0.05) is 50.2 Å². The van der Waals surface area contributed by atoms with Gasteiger partial charge in [0.25, 0.3) is 11.1 Å². The van der Waals surface area contributed by atoms with Crippen molar-refractivity contribution in [2.45, 2.75) is 38.8 Å². The lowest BCUT2D eigenvalue weighted by atomic mass is 9.99. The maximum Gasteiger partial charge on any atom is 0.273 e. The van der Waals surface area contributed by atoms with E-state index < -0.39 is 0 Å². The van der Waals surface area contributed by atoms with Gasteiger partial charge >= 0.3 is 0 Å². The molecule has 0 radical (unpaired) electrons. The molecule has 0 aliphatic rings. The summed E-state index contributed by atoms with van der Waals surface area (Å²) in [6.45, 7) is 4.64. The molecule has 30 heavy (non-hydrogen) atoms. The van der Waals surface area contributed by atoms with E-state index in [1.165, 1.54) is 10.2 Å². The molecule has 160 valence electrons. The fourth-order valence-electron chi connectivity index (χ4n) is 3.18. The summed E-state index contributed by atoms with van der Waals surface area (Å²) in [5.74, 6) is 0.213. The van der Waals surface area contributed by atoms with E-state index in [0.29, 0.717) is 23.2 Å². The number of nitrogens with one attached hydrogen (secondary N) is 2. The predicted octanol–water partition coefficient (Wildman–Crippen LogP) is 2.44. The zero-order chi connectivity index (χ0) is 21.0. The summed E-state index contributed by atoms with van der Waals surface area (Å²) in [6, 6.07) is 14.3. The molecule has 0 spiro atoms. The Morgan fingerprint density at radius 3 is 2.27 bits per heavy atom. The number of aryl methyl sites for hydroxylation is 1. The van der Waals surface area contributed by atoms with Gasteiger partial charge in [-0.3, -0.25) is 19.5 Å². The number of carbonyl (C=O) groups excluding carboxylic acids is 1. The third-order valence-corrected chi connectivity index (χ3v) is 5.00. The summed E-state index contributed by atoms with van der Waals surface area (Å²) >= 11 is 0. The van der Waals surface area contributed by atoms with Gasteiger partial charge < -0.3 is 11.1 Å². The number of hydrogen-bond donors (Lipinski definition) is 3. The van der Waals surface area contributed by atoms with Crippen LogP contribution in [0.5, 0.6) is 0 Å². The summed E-state index contributed by atoms with van der Waals surface area (Å²) in [7, 11) is 0. The number of nitrogens with zero attached hydrogens (tertiary/aromatic N) is 1. The second-order valence-corrected chi connectivity index (χ2v) is 7.43. The van der Waals surface area contributed by atoms with Gasteiger partial charge in [0.1, 0.15) is 0 Å². The molecule has 0 bridgehead atoms. The molecule has 2 aromatic carbocycles. The van der Waals surface area contributed by atoms with E-state index in [4.69, 9.17) is 5.73 Å². The van der Waals surface area contributed by atoms with Gasteiger partial charge in [0.05, 0.1) is 17.3 Å². The standard InChI is InChI=1S/C22H26N4O3.ClH/c1-14(2)15-7-9-16(10-8-15)19(23)13-24-20(27)11-12-26-22(29)18-6-4-3-5-17(18)21(28)25-26;/h3-10,14,19H,11-13,23H2,1-2H3,(H,24,27)(H,25,28);1H. The molecular weight excluding hydrogens is 404 g/mol. The SMILES string of the molecule is CC(C)c1ccc(C(N)CNC(=O)CCn2[nH]c(=O)c3ccccc3c2=O)cc1.Cl. The van der Waals surface area contributed by atoms with Crippen LogP contribution in [0.3, 0.4) is 0 Å². The summed E-state index contributed by atoms with van der Waals surface area (Å²) < 4.78 is 1.18. The summed E-state index contributed by atoms with van der Waals surface area (Å²) in [4.78, 5) is 36.7. The van der Waals surface area contributed by atoms with Gasteiger partial charge in [0, 0.05) is 19.0 Å². The Kier molecular flexibility index (Phi) is 7.97. The minimum absolute atomic E-state index is 0. The first kappa shape index (κ1) is 23.4. The van der Waals surface area contributed by atoms with Crippen LogP contribution in [-0.2, 0) is 11.3 Å². The predicted molar refractivity (Wildman–Crippen MR) is 121 cm³/mol. The summed E-state index contributed by atoms with van der Waals surface area (Å²) in [6.07, 6.45) is 0.0627. The number of nitrogens with two attached hydrogens (primary N) is 1. The van der Waals surface area contributed by atoms with Crippen LogP contribution in [0.15, 0.2) is 58.1 Å². The van der Waals surface area contributed by atoms with E-state index in [0.717, 1.165) is 5.56 Å². The molecule has 3 rings (SSSR count). The lowest BCUT2D eigenvalue weighted by Crippen LogP contribution is -2.35. The van der Waals surface area contributed by atoms with Gasteiger partial charge in [0.15, 0.2) is 0 Å². The highest BCUT2D eigenvalue weighted by molar-refractivity contribution is 5.85. The Bertz CT molecular complexity index is 1120. The number of benzene rings is 2. The van der Waals surface area contributed by atoms with Crippen molar-refractivity contribution in [3.8, 4) is 0 Å². The number of carbonyl (C=O) groups is 1. The highest BCUT2D eigenvalue weighted by Crippen LogP contribution is 2.17. The molecule has 1 heterocycles. The molecule has 8 heteroatoms. The third kappa shape index (κ3) is 5.37. The molecule has 0 saturated heterocycles. The maximum atomic E-state index is 12.5. The number of H-pyrrole nitrogens is 1. The Morgan fingerprint density at radius 2 is 1.63 bits per heavy atom. The van der Waals surface area contributed by atoms with Crippen molar-refractivity contribution in [2.75, 3.05) is 6.54 Å². The zero-order valence-corrected chi connectivity index (χ0v) is 17.9. The van der Waals surface area contributed by atoms with Crippen molar-refractivity contribution in [3.63, 3.8) is 0 Å². The molecular formula is C22H27ClN4O3. The number of amides is 1. The van der Waals surface area contributed by atoms with Crippen molar-refractivity contribution in [1.82, 2.24) is 15.1 Å². The molecule has 1 atom stereocenters. The van der Waals surface area contributed by atoms with Crippen LogP contribution in [0.2, 0.25) is 0 Å².